The van der Waals surface area contributed by atoms with Gasteiger partial charge in [0.05, 0.1) is 6.04 Å². The second-order valence-corrected chi connectivity index (χ2v) is 7.02. The molecule has 0 N–H and O–H groups in total. The molecule has 3 aromatic rings. The zero-order valence-electron chi connectivity index (χ0n) is 15.3. The van der Waals surface area contributed by atoms with E-state index >= 15 is 0 Å². The van der Waals surface area contributed by atoms with E-state index < -0.39 is 0 Å². The number of ketones is 1. The van der Waals surface area contributed by atoms with E-state index in [0.717, 1.165) is 29.9 Å². The smallest absolute Gasteiger partial charge is 0.223 e. The van der Waals surface area contributed by atoms with Crippen molar-refractivity contribution in [1.82, 2.24) is 19.5 Å². The summed E-state index contributed by atoms with van der Waals surface area (Å²) in [6, 6.07) is 13.2. The van der Waals surface area contributed by atoms with Gasteiger partial charge in [-0.25, -0.2) is 0 Å². The molecule has 27 heavy (non-hydrogen) atoms. The first-order valence-corrected chi connectivity index (χ1v) is 9.32. The Morgan fingerprint density at radius 2 is 1.89 bits per heavy atom. The maximum atomic E-state index is 12.8. The van der Waals surface area contributed by atoms with E-state index in [-0.39, 0.29) is 30.6 Å². The molecule has 0 aliphatic carbocycles. The van der Waals surface area contributed by atoms with Gasteiger partial charge in [0.2, 0.25) is 5.91 Å². The summed E-state index contributed by atoms with van der Waals surface area (Å²) in [5.74, 6) is 0.805. The molecule has 0 bridgehead atoms. The summed E-state index contributed by atoms with van der Waals surface area (Å²) in [5.41, 5.74) is 2.55. The number of aromatic nitrogens is 3. The summed E-state index contributed by atoms with van der Waals surface area (Å²) in [4.78, 5) is 27.0. The highest BCUT2D eigenvalue weighted by Crippen LogP contribution is 2.31. The average molecular weight is 362 g/mol. The van der Waals surface area contributed by atoms with Gasteiger partial charge in [-0.1, -0.05) is 35.9 Å². The van der Waals surface area contributed by atoms with Gasteiger partial charge in [0.15, 0.2) is 17.3 Å². The minimum atomic E-state index is -0.0793. The van der Waals surface area contributed by atoms with Crippen molar-refractivity contribution in [2.45, 2.75) is 38.6 Å². The molecule has 1 fully saturated rings. The first-order chi connectivity index (χ1) is 13.1. The lowest BCUT2D eigenvalue weighted by Gasteiger charge is -2.23. The number of amides is 1. The van der Waals surface area contributed by atoms with E-state index in [1.165, 1.54) is 0 Å². The first-order valence-electron chi connectivity index (χ1n) is 9.32. The largest absolute Gasteiger partial charge is 0.332 e. The predicted molar refractivity (Wildman–Crippen MR) is 101 cm³/mol. The van der Waals surface area contributed by atoms with E-state index in [9.17, 15) is 9.59 Å². The minimum Gasteiger partial charge on any atom is -0.332 e. The standard InChI is InChI=1S/C21H22N4O2/c1-15-7-9-16(10-8-15)18(26)11-12-20(27)24-14-4-5-17(24)21-23-22-19-6-2-3-13-25(19)21/h2-3,6-10,13,17H,4-5,11-12,14H2,1H3/t17-/m0/s1. The molecule has 138 valence electrons. The Balaban J connectivity index is 1.45. The summed E-state index contributed by atoms with van der Waals surface area (Å²) in [6.07, 6.45) is 4.18. The number of nitrogens with zero attached hydrogens (tertiary/aromatic N) is 4. The van der Waals surface area contributed by atoms with Crippen LogP contribution in [0.1, 0.15) is 53.5 Å². The van der Waals surface area contributed by atoms with Gasteiger partial charge in [0.25, 0.3) is 0 Å². The van der Waals surface area contributed by atoms with Crippen molar-refractivity contribution in [3.05, 3.63) is 65.6 Å². The maximum Gasteiger partial charge on any atom is 0.223 e. The van der Waals surface area contributed by atoms with Gasteiger partial charge in [0, 0.05) is 31.1 Å². The summed E-state index contributed by atoms with van der Waals surface area (Å²) in [5, 5.41) is 8.51. The first kappa shape index (κ1) is 17.4. The van der Waals surface area contributed by atoms with Gasteiger partial charge in [-0.15, -0.1) is 10.2 Å². The lowest BCUT2D eigenvalue weighted by molar-refractivity contribution is -0.132. The Kier molecular flexibility index (Phi) is 4.71. The van der Waals surface area contributed by atoms with E-state index in [2.05, 4.69) is 10.2 Å². The second-order valence-electron chi connectivity index (χ2n) is 7.02. The van der Waals surface area contributed by atoms with Crippen LogP contribution >= 0.6 is 0 Å². The Morgan fingerprint density at radius 1 is 1.07 bits per heavy atom. The van der Waals surface area contributed by atoms with E-state index in [0.29, 0.717) is 12.1 Å². The highest BCUT2D eigenvalue weighted by molar-refractivity contribution is 5.98. The Morgan fingerprint density at radius 3 is 2.70 bits per heavy atom. The molecule has 1 aliphatic heterocycles. The molecule has 0 saturated carbocycles. The van der Waals surface area contributed by atoms with Gasteiger partial charge in [-0.05, 0) is 31.9 Å². The van der Waals surface area contributed by atoms with Gasteiger partial charge < -0.3 is 4.90 Å². The predicted octanol–water partition coefficient (Wildman–Crippen LogP) is 3.36. The molecule has 6 nitrogen and oxygen atoms in total. The number of hydrogen-bond donors (Lipinski definition) is 0. The fourth-order valence-electron chi connectivity index (χ4n) is 3.67. The van der Waals surface area contributed by atoms with Crippen molar-refractivity contribution in [3.63, 3.8) is 0 Å². The third-order valence-electron chi connectivity index (χ3n) is 5.15. The lowest BCUT2D eigenvalue weighted by Crippen LogP contribution is -2.31. The van der Waals surface area contributed by atoms with Gasteiger partial charge in [-0.2, -0.15) is 0 Å². The van der Waals surface area contributed by atoms with Gasteiger partial charge in [0.1, 0.15) is 0 Å². The van der Waals surface area contributed by atoms with Crippen molar-refractivity contribution in [2.75, 3.05) is 6.54 Å². The van der Waals surface area contributed by atoms with Crippen molar-refractivity contribution >= 4 is 17.3 Å². The second kappa shape index (κ2) is 7.31. The topological polar surface area (TPSA) is 67.6 Å². The maximum absolute atomic E-state index is 12.8. The normalized spacial score (nSPS) is 16.8. The van der Waals surface area contributed by atoms with Crippen LogP contribution in [-0.4, -0.2) is 37.7 Å². The van der Waals surface area contributed by atoms with Crippen LogP contribution in [0.5, 0.6) is 0 Å². The van der Waals surface area contributed by atoms with Crippen LogP contribution in [-0.2, 0) is 4.79 Å². The zero-order valence-corrected chi connectivity index (χ0v) is 15.3. The van der Waals surface area contributed by atoms with Gasteiger partial charge in [-0.3, -0.25) is 14.0 Å². The monoisotopic (exact) mass is 362 g/mol. The van der Waals surface area contributed by atoms with E-state index in [1.807, 2.05) is 64.9 Å². The third-order valence-corrected chi connectivity index (χ3v) is 5.15. The molecule has 6 heteroatoms. The number of carbonyl (C=O) groups is 2. The molecule has 0 spiro atoms. The van der Waals surface area contributed by atoms with Crippen LogP contribution in [0.15, 0.2) is 48.7 Å². The highest BCUT2D eigenvalue weighted by atomic mass is 16.2. The van der Waals surface area contributed by atoms with Crippen molar-refractivity contribution < 1.29 is 9.59 Å². The zero-order chi connectivity index (χ0) is 18.8. The number of rotatable bonds is 5. The molecular formula is C21H22N4O2. The summed E-state index contributed by atoms with van der Waals surface area (Å²) in [7, 11) is 0. The summed E-state index contributed by atoms with van der Waals surface area (Å²) < 4.78 is 1.94. The Bertz CT molecular complexity index is 977. The van der Waals surface area contributed by atoms with Crippen LogP contribution < -0.4 is 0 Å². The van der Waals surface area contributed by atoms with Crippen LogP contribution in [0.25, 0.3) is 5.65 Å². The van der Waals surface area contributed by atoms with Crippen LogP contribution in [0.4, 0.5) is 0 Å². The molecule has 1 atom stereocenters. The SMILES string of the molecule is Cc1ccc(C(=O)CCC(=O)N2CCC[C@H]2c2nnc3ccccn23)cc1. The van der Waals surface area contributed by atoms with E-state index in [4.69, 9.17) is 0 Å². The fraction of sp³-hybridized carbons (Fsp3) is 0.333. The highest BCUT2D eigenvalue weighted by Gasteiger charge is 2.33. The van der Waals surface area contributed by atoms with E-state index in [1.54, 1.807) is 0 Å². The number of pyridine rings is 1. The molecular weight excluding hydrogens is 340 g/mol. The number of benzene rings is 1. The summed E-state index contributed by atoms with van der Waals surface area (Å²) in [6.45, 7) is 2.68. The minimum absolute atomic E-state index is 0.00522. The molecule has 1 aromatic carbocycles. The number of hydrogen-bond acceptors (Lipinski definition) is 4. The molecule has 1 saturated heterocycles. The molecule has 1 aliphatic rings. The van der Waals surface area contributed by atoms with Gasteiger partial charge >= 0.3 is 0 Å². The Hall–Kier alpha value is -3.02. The van der Waals surface area contributed by atoms with Crippen molar-refractivity contribution in [3.8, 4) is 0 Å². The average Bonchev–Trinajstić information content (AvgIpc) is 3.33. The number of likely N-dealkylation sites (tertiary alicyclic amines) is 1. The number of fused-ring (bicyclic) bond motifs is 1. The molecule has 3 heterocycles. The summed E-state index contributed by atoms with van der Waals surface area (Å²) >= 11 is 0. The molecule has 0 unspecified atom stereocenters. The van der Waals surface area contributed by atoms with Crippen molar-refractivity contribution in [1.29, 1.82) is 0 Å². The Labute approximate surface area is 157 Å². The number of carbonyl (C=O) groups excluding carboxylic acids is 2. The van der Waals surface area contributed by atoms with Crippen LogP contribution in [0.2, 0.25) is 0 Å². The van der Waals surface area contributed by atoms with Crippen LogP contribution in [0.3, 0.4) is 0 Å². The lowest BCUT2D eigenvalue weighted by atomic mass is 10.0. The van der Waals surface area contributed by atoms with Crippen molar-refractivity contribution in [2.24, 2.45) is 0 Å². The quantitative estimate of drug-likeness (QED) is 0.653. The number of Topliss-reactive ketones (excluding diaryl/α,β-unsaturated/α-hetero) is 1. The van der Waals surface area contributed by atoms with Crippen LogP contribution in [0, 0.1) is 6.92 Å². The molecule has 4 rings (SSSR count). The molecule has 2 aromatic heterocycles. The third kappa shape index (κ3) is 3.47. The number of aryl methyl sites for hydroxylation is 1. The fourth-order valence-corrected chi connectivity index (χ4v) is 3.67. The molecule has 1 amide bonds. The molecule has 0 radical (unpaired) electrons.